The van der Waals surface area contributed by atoms with Crippen LogP contribution >= 0.6 is 0 Å². The van der Waals surface area contributed by atoms with E-state index in [2.05, 4.69) is 5.32 Å². The highest BCUT2D eigenvalue weighted by Crippen LogP contribution is 2.30. The SMILES string of the molecule is Cc1c(NC2CCCCCC2C(=O)O)cccc1[N+](=O)[O-]. The van der Waals surface area contributed by atoms with E-state index in [1.807, 2.05) is 0 Å². The first-order chi connectivity index (χ1) is 10.0. The summed E-state index contributed by atoms with van der Waals surface area (Å²) in [5.41, 5.74) is 1.26. The van der Waals surface area contributed by atoms with Crippen molar-refractivity contribution in [3.05, 3.63) is 33.9 Å². The molecule has 2 rings (SSSR count). The summed E-state index contributed by atoms with van der Waals surface area (Å²) in [6, 6.07) is 4.68. The minimum Gasteiger partial charge on any atom is -0.481 e. The summed E-state index contributed by atoms with van der Waals surface area (Å²) in [4.78, 5) is 22.0. The van der Waals surface area contributed by atoms with Crippen LogP contribution in [0.5, 0.6) is 0 Å². The molecule has 0 radical (unpaired) electrons. The van der Waals surface area contributed by atoms with Gasteiger partial charge in [0.05, 0.1) is 10.8 Å². The number of carboxylic acids is 1. The summed E-state index contributed by atoms with van der Waals surface area (Å²) in [7, 11) is 0. The molecule has 6 heteroatoms. The summed E-state index contributed by atoms with van der Waals surface area (Å²) >= 11 is 0. The van der Waals surface area contributed by atoms with Crippen molar-refractivity contribution in [2.45, 2.75) is 45.1 Å². The van der Waals surface area contributed by atoms with Crippen molar-refractivity contribution >= 4 is 17.3 Å². The van der Waals surface area contributed by atoms with Crippen molar-refractivity contribution < 1.29 is 14.8 Å². The molecule has 0 heterocycles. The van der Waals surface area contributed by atoms with Crippen LogP contribution in [0.25, 0.3) is 0 Å². The maximum atomic E-state index is 11.4. The lowest BCUT2D eigenvalue weighted by molar-refractivity contribution is -0.385. The molecule has 2 N–H and O–H groups in total. The van der Waals surface area contributed by atoms with Gasteiger partial charge >= 0.3 is 5.97 Å². The number of rotatable bonds is 4. The number of nitrogens with zero attached hydrogens (tertiary/aromatic N) is 1. The monoisotopic (exact) mass is 292 g/mol. The zero-order chi connectivity index (χ0) is 15.4. The molecule has 2 unspecified atom stereocenters. The number of nitrogens with one attached hydrogen (secondary N) is 1. The third kappa shape index (κ3) is 3.51. The van der Waals surface area contributed by atoms with Gasteiger partial charge in [-0.05, 0) is 25.8 Å². The molecule has 1 aliphatic carbocycles. The fourth-order valence-corrected chi connectivity index (χ4v) is 2.95. The summed E-state index contributed by atoms with van der Waals surface area (Å²) in [6.07, 6.45) is 4.37. The van der Waals surface area contributed by atoms with Crippen LogP contribution in [0.1, 0.15) is 37.7 Å². The molecule has 0 bridgehead atoms. The predicted molar refractivity (Wildman–Crippen MR) is 79.5 cm³/mol. The zero-order valence-electron chi connectivity index (χ0n) is 12.0. The maximum absolute atomic E-state index is 11.4. The van der Waals surface area contributed by atoms with E-state index in [0.29, 0.717) is 17.7 Å². The Bertz CT molecular complexity index is 544. The smallest absolute Gasteiger partial charge is 0.308 e. The second kappa shape index (κ2) is 6.56. The van der Waals surface area contributed by atoms with Crippen molar-refractivity contribution in [1.29, 1.82) is 0 Å². The van der Waals surface area contributed by atoms with Gasteiger partial charge in [0.1, 0.15) is 0 Å². The average Bonchev–Trinajstić information content (AvgIpc) is 2.66. The van der Waals surface area contributed by atoms with Crippen LogP contribution in [-0.2, 0) is 4.79 Å². The lowest BCUT2D eigenvalue weighted by Crippen LogP contribution is -2.34. The summed E-state index contributed by atoms with van der Waals surface area (Å²) in [5, 5.41) is 23.6. The molecule has 0 saturated heterocycles. The lowest BCUT2D eigenvalue weighted by Gasteiger charge is -2.24. The number of hydrogen-bond donors (Lipinski definition) is 2. The third-order valence-electron chi connectivity index (χ3n) is 4.18. The first-order valence-corrected chi connectivity index (χ1v) is 7.24. The quantitative estimate of drug-likeness (QED) is 0.504. The van der Waals surface area contributed by atoms with E-state index in [9.17, 15) is 20.0 Å². The molecular formula is C15H20N2O4. The van der Waals surface area contributed by atoms with Gasteiger partial charge in [-0.3, -0.25) is 14.9 Å². The Morgan fingerprint density at radius 2 is 2.05 bits per heavy atom. The van der Waals surface area contributed by atoms with E-state index in [0.717, 1.165) is 25.7 Å². The second-order valence-electron chi connectivity index (χ2n) is 5.54. The van der Waals surface area contributed by atoms with Crippen LogP contribution in [-0.4, -0.2) is 22.0 Å². The molecule has 114 valence electrons. The first-order valence-electron chi connectivity index (χ1n) is 7.24. The van der Waals surface area contributed by atoms with E-state index in [4.69, 9.17) is 0 Å². The molecule has 1 fully saturated rings. The molecule has 6 nitrogen and oxygen atoms in total. The highest BCUT2D eigenvalue weighted by Gasteiger charge is 2.30. The number of anilines is 1. The standard InChI is InChI=1S/C15H20N2O4/c1-10-12(8-5-9-14(10)17(20)21)16-13-7-4-2-3-6-11(13)15(18)19/h5,8-9,11,13,16H,2-4,6-7H2,1H3,(H,18,19). The second-order valence-corrected chi connectivity index (χ2v) is 5.54. The molecule has 0 aliphatic heterocycles. The Labute approximate surface area is 123 Å². The van der Waals surface area contributed by atoms with Gasteiger partial charge in [-0.15, -0.1) is 0 Å². The number of hydrogen-bond acceptors (Lipinski definition) is 4. The number of carbonyl (C=O) groups is 1. The Kier molecular flexibility index (Phi) is 4.77. The Balaban J connectivity index is 2.24. The van der Waals surface area contributed by atoms with Crippen LogP contribution in [0, 0.1) is 23.0 Å². The van der Waals surface area contributed by atoms with Crippen molar-refractivity contribution in [3.63, 3.8) is 0 Å². The summed E-state index contributed by atoms with van der Waals surface area (Å²) in [6.45, 7) is 1.69. The molecule has 0 spiro atoms. The zero-order valence-corrected chi connectivity index (χ0v) is 12.0. The van der Waals surface area contributed by atoms with Crippen molar-refractivity contribution in [3.8, 4) is 0 Å². The van der Waals surface area contributed by atoms with Crippen LogP contribution < -0.4 is 5.32 Å². The van der Waals surface area contributed by atoms with E-state index >= 15 is 0 Å². The van der Waals surface area contributed by atoms with Crippen LogP contribution in [0.3, 0.4) is 0 Å². The van der Waals surface area contributed by atoms with E-state index in [-0.39, 0.29) is 11.7 Å². The van der Waals surface area contributed by atoms with Gasteiger partial charge in [-0.2, -0.15) is 0 Å². The number of nitro benzene ring substituents is 1. The molecule has 21 heavy (non-hydrogen) atoms. The fourth-order valence-electron chi connectivity index (χ4n) is 2.95. The predicted octanol–water partition coefficient (Wildman–Crippen LogP) is 3.35. The van der Waals surface area contributed by atoms with Gasteiger partial charge < -0.3 is 10.4 Å². The molecule has 2 atom stereocenters. The lowest BCUT2D eigenvalue weighted by atomic mass is 9.94. The topological polar surface area (TPSA) is 92.5 Å². The first kappa shape index (κ1) is 15.3. The van der Waals surface area contributed by atoms with Gasteiger partial charge in [-0.1, -0.05) is 25.3 Å². The van der Waals surface area contributed by atoms with Crippen molar-refractivity contribution in [1.82, 2.24) is 0 Å². The number of aliphatic carboxylic acids is 1. The number of carboxylic acid groups (broad SMARTS) is 1. The minimum absolute atomic E-state index is 0.0560. The molecule has 1 aliphatic rings. The van der Waals surface area contributed by atoms with Gasteiger partial charge in [0.25, 0.3) is 5.69 Å². The Morgan fingerprint density at radius 1 is 1.33 bits per heavy atom. The van der Waals surface area contributed by atoms with E-state index in [1.54, 1.807) is 19.1 Å². The molecule has 1 aromatic rings. The summed E-state index contributed by atoms with van der Waals surface area (Å²) < 4.78 is 0. The van der Waals surface area contributed by atoms with Crippen LogP contribution in [0.4, 0.5) is 11.4 Å². The van der Waals surface area contributed by atoms with E-state index in [1.165, 1.54) is 6.07 Å². The highest BCUT2D eigenvalue weighted by molar-refractivity contribution is 5.72. The number of nitro groups is 1. The largest absolute Gasteiger partial charge is 0.481 e. The normalized spacial score (nSPS) is 22.3. The Morgan fingerprint density at radius 3 is 2.71 bits per heavy atom. The van der Waals surface area contributed by atoms with E-state index < -0.39 is 16.8 Å². The fraction of sp³-hybridized carbons (Fsp3) is 0.533. The third-order valence-corrected chi connectivity index (χ3v) is 4.18. The van der Waals surface area contributed by atoms with Gasteiger partial charge in [0.15, 0.2) is 0 Å². The number of benzene rings is 1. The summed E-state index contributed by atoms with van der Waals surface area (Å²) in [5.74, 6) is -1.23. The van der Waals surface area contributed by atoms with Gasteiger partial charge in [-0.25, -0.2) is 0 Å². The van der Waals surface area contributed by atoms with Crippen LogP contribution in [0.15, 0.2) is 18.2 Å². The van der Waals surface area contributed by atoms with Crippen molar-refractivity contribution in [2.24, 2.45) is 5.92 Å². The van der Waals surface area contributed by atoms with Gasteiger partial charge in [0.2, 0.25) is 0 Å². The highest BCUT2D eigenvalue weighted by atomic mass is 16.6. The van der Waals surface area contributed by atoms with Crippen molar-refractivity contribution in [2.75, 3.05) is 5.32 Å². The average molecular weight is 292 g/mol. The molecule has 1 aromatic carbocycles. The molecular weight excluding hydrogens is 272 g/mol. The minimum atomic E-state index is -0.794. The molecule has 0 amide bonds. The Hall–Kier alpha value is -2.11. The molecule has 1 saturated carbocycles. The molecule has 0 aromatic heterocycles. The maximum Gasteiger partial charge on any atom is 0.308 e. The van der Waals surface area contributed by atoms with Gasteiger partial charge in [0, 0.05) is 23.4 Å². The van der Waals surface area contributed by atoms with Crippen LogP contribution in [0.2, 0.25) is 0 Å².